The molecule has 3 rings (SSSR count). The number of non-ortho nitro benzene ring substituents is 1. The maximum atomic E-state index is 12.8. The summed E-state index contributed by atoms with van der Waals surface area (Å²) in [4.78, 5) is 34.6. The molecule has 0 radical (unpaired) electrons. The third-order valence-electron chi connectivity index (χ3n) is 3.93. The monoisotopic (exact) mass is 425 g/mol. The maximum Gasteiger partial charge on any atom is 0.270 e. The number of nitrogens with one attached hydrogen (secondary N) is 2. The summed E-state index contributed by atoms with van der Waals surface area (Å²) in [5.74, 6) is -0.269. The minimum absolute atomic E-state index is 0.0184. The van der Waals surface area contributed by atoms with Crippen LogP contribution in [0.1, 0.15) is 17.3 Å². The first-order chi connectivity index (χ1) is 14.3. The maximum absolute atomic E-state index is 12.8. The van der Waals surface area contributed by atoms with E-state index in [4.69, 9.17) is 16.3 Å². The lowest BCUT2D eigenvalue weighted by molar-refractivity contribution is -0.384. The van der Waals surface area contributed by atoms with Crippen LogP contribution in [0.25, 0.3) is 0 Å². The van der Waals surface area contributed by atoms with Gasteiger partial charge in [-0.15, -0.1) is 0 Å². The Morgan fingerprint density at radius 2 is 1.73 bits per heavy atom. The Morgan fingerprint density at radius 1 is 1.00 bits per heavy atom. The molecule has 0 heterocycles. The highest BCUT2D eigenvalue weighted by Crippen LogP contribution is 2.30. The molecule has 2 N–H and O–H groups in total. The topological polar surface area (TPSA) is 111 Å². The van der Waals surface area contributed by atoms with Crippen molar-refractivity contribution in [3.63, 3.8) is 0 Å². The highest BCUT2D eigenvalue weighted by molar-refractivity contribution is 6.34. The number of rotatable bonds is 6. The van der Waals surface area contributed by atoms with Gasteiger partial charge in [-0.05, 0) is 36.4 Å². The van der Waals surface area contributed by atoms with Crippen LogP contribution >= 0.6 is 11.6 Å². The summed E-state index contributed by atoms with van der Waals surface area (Å²) in [6.07, 6.45) is 0. The van der Waals surface area contributed by atoms with Crippen LogP contribution in [0.2, 0.25) is 5.02 Å². The Hall–Kier alpha value is -3.91. The number of hydrogen-bond acceptors (Lipinski definition) is 5. The summed E-state index contributed by atoms with van der Waals surface area (Å²) in [5, 5.41) is 16.6. The number of nitro benzene ring substituents is 1. The van der Waals surface area contributed by atoms with Gasteiger partial charge in [0.2, 0.25) is 5.91 Å². The lowest BCUT2D eigenvalue weighted by Gasteiger charge is -2.12. The van der Waals surface area contributed by atoms with E-state index in [2.05, 4.69) is 10.6 Å². The van der Waals surface area contributed by atoms with Gasteiger partial charge in [0, 0.05) is 24.7 Å². The van der Waals surface area contributed by atoms with Crippen molar-refractivity contribution in [2.45, 2.75) is 6.92 Å². The number of halogens is 1. The molecule has 0 bridgehead atoms. The average Bonchev–Trinajstić information content (AvgIpc) is 2.70. The predicted octanol–water partition coefficient (Wildman–Crippen LogP) is 5.25. The molecule has 0 aliphatic rings. The van der Waals surface area contributed by atoms with Crippen molar-refractivity contribution in [1.82, 2.24) is 0 Å². The number of benzene rings is 3. The molecule has 0 atom stereocenters. The number of amides is 2. The summed E-state index contributed by atoms with van der Waals surface area (Å²) in [6.45, 7) is 1.35. The largest absolute Gasteiger partial charge is 0.457 e. The highest BCUT2D eigenvalue weighted by atomic mass is 35.5. The van der Waals surface area contributed by atoms with E-state index in [0.717, 1.165) is 6.07 Å². The Kier molecular flexibility index (Phi) is 6.29. The molecule has 2 amide bonds. The molecule has 0 aliphatic heterocycles. The number of hydrogen-bond donors (Lipinski definition) is 2. The van der Waals surface area contributed by atoms with Crippen LogP contribution < -0.4 is 15.4 Å². The van der Waals surface area contributed by atoms with Gasteiger partial charge in [-0.1, -0.05) is 29.8 Å². The van der Waals surface area contributed by atoms with Crippen LogP contribution in [0.5, 0.6) is 11.5 Å². The van der Waals surface area contributed by atoms with Crippen molar-refractivity contribution in [2.24, 2.45) is 0 Å². The SMILES string of the molecule is CC(=O)Nc1ccc(NC(=O)c2cc([N+](=O)[O-])ccc2Oc2ccccc2)cc1Cl. The minimum Gasteiger partial charge on any atom is -0.457 e. The van der Waals surface area contributed by atoms with E-state index in [1.807, 2.05) is 6.07 Å². The van der Waals surface area contributed by atoms with Gasteiger partial charge in [-0.25, -0.2) is 0 Å². The van der Waals surface area contributed by atoms with Gasteiger partial charge >= 0.3 is 0 Å². The zero-order valence-electron chi connectivity index (χ0n) is 15.7. The van der Waals surface area contributed by atoms with E-state index in [9.17, 15) is 19.7 Å². The van der Waals surface area contributed by atoms with Gasteiger partial charge < -0.3 is 15.4 Å². The van der Waals surface area contributed by atoms with E-state index in [-0.39, 0.29) is 27.9 Å². The van der Waals surface area contributed by atoms with E-state index >= 15 is 0 Å². The standard InChI is InChI=1S/C21H16ClN3O5/c1-13(26)23-19-9-7-14(11-18(19)22)24-21(27)17-12-15(25(28)29)8-10-20(17)30-16-5-3-2-4-6-16/h2-12H,1H3,(H,23,26)(H,24,27). The molecule has 3 aromatic carbocycles. The first-order valence-electron chi connectivity index (χ1n) is 8.73. The fraction of sp³-hybridized carbons (Fsp3) is 0.0476. The molecule has 0 saturated carbocycles. The molecule has 0 spiro atoms. The molecule has 9 heteroatoms. The normalized spacial score (nSPS) is 10.2. The third kappa shape index (κ3) is 5.12. The van der Waals surface area contributed by atoms with Crippen molar-refractivity contribution in [3.8, 4) is 11.5 Å². The molecule has 152 valence electrons. The molecule has 30 heavy (non-hydrogen) atoms. The summed E-state index contributed by atoms with van der Waals surface area (Å²) in [5.41, 5.74) is 0.469. The van der Waals surface area contributed by atoms with Crippen LogP contribution in [-0.2, 0) is 4.79 Å². The molecule has 8 nitrogen and oxygen atoms in total. The fourth-order valence-electron chi connectivity index (χ4n) is 2.60. The quantitative estimate of drug-likeness (QED) is 0.414. The van der Waals surface area contributed by atoms with Gasteiger partial charge in [0.1, 0.15) is 11.5 Å². The first-order valence-corrected chi connectivity index (χ1v) is 9.11. The third-order valence-corrected chi connectivity index (χ3v) is 4.24. The van der Waals surface area contributed by atoms with Crippen LogP contribution in [0.3, 0.4) is 0 Å². The van der Waals surface area contributed by atoms with Gasteiger partial charge in [0.25, 0.3) is 11.6 Å². The number of anilines is 2. The second kappa shape index (κ2) is 9.06. The van der Waals surface area contributed by atoms with Gasteiger partial charge in [0.05, 0.1) is 21.2 Å². The Balaban J connectivity index is 1.90. The second-order valence-corrected chi connectivity index (χ2v) is 6.59. The Bertz CT molecular complexity index is 1120. The molecular formula is C21H16ClN3O5. The lowest BCUT2D eigenvalue weighted by atomic mass is 10.1. The number of nitro groups is 1. The molecule has 3 aromatic rings. The minimum atomic E-state index is -0.618. The van der Waals surface area contributed by atoms with E-state index < -0.39 is 10.8 Å². The van der Waals surface area contributed by atoms with E-state index in [1.54, 1.807) is 30.3 Å². The van der Waals surface area contributed by atoms with Crippen LogP contribution in [0.4, 0.5) is 17.1 Å². The molecule has 0 fully saturated rings. The lowest BCUT2D eigenvalue weighted by Crippen LogP contribution is -2.14. The molecule has 0 aromatic heterocycles. The number of para-hydroxylation sites is 1. The Labute approximate surface area is 176 Å². The summed E-state index contributed by atoms with van der Waals surface area (Å²) in [6, 6.07) is 17.0. The highest BCUT2D eigenvalue weighted by Gasteiger charge is 2.19. The molecule has 0 unspecified atom stereocenters. The van der Waals surface area contributed by atoms with Crippen molar-refractivity contribution in [1.29, 1.82) is 0 Å². The summed E-state index contributed by atoms with van der Waals surface area (Å²) in [7, 11) is 0. The zero-order valence-corrected chi connectivity index (χ0v) is 16.5. The number of carbonyl (C=O) groups excluding carboxylic acids is 2. The predicted molar refractivity (Wildman–Crippen MR) is 113 cm³/mol. The van der Waals surface area contributed by atoms with Crippen molar-refractivity contribution >= 4 is 40.5 Å². The first kappa shape index (κ1) is 20.8. The van der Waals surface area contributed by atoms with Crippen molar-refractivity contribution in [3.05, 3.63) is 87.4 Å². The molecular weight excluding hydrogens is 410 g/mol. The summed E-state index contributed by atoms with van der Waals surface area (Å²) >= 11 is 6.13. The van der Waals surface area contributed by atoms with Crippen LogP contribution in [0, 0.1) is 10.1 Å². The summed E-state index contributed by atoms with van der Waals surface area (Å²) < 4.78 is 5.73. The van der Waals surface area contributed by atoms with Crippen LogP contribution in [-0.4, -0.2) is 16.7 Å². The molecule has 0 saturated heterocycles. The molecule has 0 aliphatic carbocycles. The van der Waals surface area contributed by atoms with Crippen molar-refractivity contribution in [2.75, 3.05) is 10.6 Å². The number of carbonyl (C=O) groups is 2. The van der Waals surface area contributed by atoms with Gasteiger partial charge in [-0.3, -0.25) is 19.7 Å². The van der Waals surface area contributed by atoms with Crippen molar-refractivity contribution < 1.29 is 19.2 Å². The van der Waals surface area contributed by atoms with E-state index in [1.165, 1.54) is 31.2 Å². The number of ether oxygens (including phenoxy) is 1. The smallest absolute Gasteiger partial charge is 0.270 e. The average molecular weight is 426 g/mol. The number of nitrogens with zero attached hydrogens (tertiary/aromatic N) is 1. The van der Waals surface area contributed by atoms with E-state index in [0.29, 0.717) is 17.1 Å². The van der Waals surface area contributed by atoms with Gasteiger partial charge in [0.15, 0.2) is 0 Å². The zero-order chi connectivity index (χ0) is 21.7. The second-order valence-electron chi connectivity index (χ2n) is 6.18. The fourth-order valence-corrected chi connectivity index (χ4v) is 2.82. The van der Waals surface area contributed by atoms with Gasteiger partial charge in [-0.2, -0.15) is 0 Å². The van der Waals surface area contributed by atoms with Crippen LogP contribution in [0.15, 0.2) is 66.7 Å². The Morgan fingerprint density at radius 3 is 2.37 bits per heavy atom.